The fourth-order valence-corrected chi connectivity index (χ4v) is 1.19. The second-order valence-corrected chi connectivity index (χ2v) is 3.17. The smallest absolute Gasteiger partial charge is 0.462 e. The normalized spacial score (nSPS) is 11.3. The van der Waals surface area contributed by atoms with Crippen molar-refractivity contribution >= 4 is 5.97 Å². The maximum atomic E-state index is 13.1. The van der Waals surface area contributed by atoms with Crippen LogP contribution in [-0.4, -0.2) is 23.9 Å². The summed E-state index contributed by atoms with van der Waals surface area (Å²) in [6, 6.07) is 0.405. The van der Waals surface area contributed by atoms with Crippen LogP contribution in [0.25, 0.3) is 0 Å². The van der Waals surface area contributed by atoms with Crippen molar-refractivity contribution < 1.29 is 36.2 Å². The first kappa shape index (κ1) is 15.1. The summed E-state index contributed by atoms with van der Waals surface area (Å²) in [6.07, 6.45) is -5.16. The summed E-state index contributed by atoms with van der Waals surface area (Å²) < 4.78 is 69.4. The molecule has 0 saturated heterocycles. The van der Waals surface area contributed by atoms with E-state index in [-0.39, 0.29) is 6.61 Å². The fraction of sp³-hybridized carbons (Fsp3) is 0.400. The van der Waals surface area contributed by atoms with Crippen molar-refractivity contribution in [2.24, 2.45) is 0 Å². The number of pyridine rings is 1. The predicted molar refractivity (Wildman–Crippen MR) is 51.6 cm³/mol. The van der Waals surface area contributed by atoms with Gasteiger partial charge in [0.2, 0.25) is 0 Å². The quantitative estimate of drug-likeness (QED) is 0.485. The molecular weight excluding hydrogens is 277 g/mol. The minimum absolute atomic E-state index is 0.0859. The summed E-state index contributed by atoms with van der Waals surface area (Å²) in [6.45, 7) is 0.0197. The molecule has 106 valence electrons. The molecule has 1 heterocycles. The average Bonchev–Trinajstić information content (AvgIpc) is 2.29. The maximum Gasteiger partial charge on any atom is 0.573 e. The molecule has 0 atom stereocenters. The van der Waals surface area contributed by atoms with Gasteiger partial charge in [0.1, 0.15) is 6.67 Å². The molecule has 0 amide bonds. The van der Waals surface area contributed by atoms with Gasteiger partial charge in [-0.1, -0.05) is 0 Å². The second kappa shape index (κ2) is 5.81. The van der Waals surface area contributed by atoms with E-state index in [1.165, 1.54) is 6.92 Å². The topological polar surface area (TPSA) is 48.4 Å². The van der Waals surface area contributed by atoms with Crippen molar-refractivity contribution in [2.45, 2.75) is 20.0 Å². The van der Waals surface area contributed by atoms with Crippen molar-refractivity contribution in [2.75, 3.05) is 6.61 Å². The molecule has 0 unspecified atom stereocenters. The lowest BCUT2D eigenvalue weighted by Gasteiger charge is -2.12. The van der Waals surface area contributed by atoms with E-state index in [9.17, 15) is 26.7 Å². The van der Waals surface area contributed by atoms with Crippen LogP contribution in [0.2, 0.25) is 0 Å². The Hall–Kier alpha value is -1.93. The largest absolute Gasteiger partial charge is 0.573 e. The molecule has 0 radical (unpaired) electrons. The van der Waals surface area contributed by atoms with Gasteiger partial charge in [-0.05, 0) is 6.92 Å². The van der Waals surface area contributed by atoms with E-state index >= 15 is 0 Å². The average molecular weight is 285 g/mol. The lowest BCUT2D eigenvalue weighted by atomic mass is 10.2. The maximum absolute atomic E-state index is 13.1. The van der Waals surface area contributed by atoms with Crippen LogP contribution < -0.4 is 4.74 Å². The van der Waals surface area contributed by atoms with Crippen molar-refractivity contribution in [3.05, 3.63) is 23.3 Å². The van der Waals surface area contributed by atoms with Crippen molar-refractivity contribution in [3.8, 4) is 5.75 Å². The van der Waals surface area contributed by atoms with E-state index in [0.29, 0.717) is 6.07 Å². The second-order valence-electron chi connectivity index (χ2n) is 3.17. The number of nitrogens with zero attached hydrogens (tertiary/aromatic N) is 1. The summed E-state index contributed by atoms with van der Waals surface area (Å²) in [7, 11) is 0. The first-order chi connectivity index (χ1) is 8.78. The standard InChI is InChI=1S/C10H8F5NO3/c1-2-18-9(17)5-3-7(19-10(13,14)15)8(12)16-6(5)4-11/h3H,2,4H2,1H3. The SMILES string of the molecule is CCOC(=O)c1cc(OC(F)(F)F)c(F)nc1CF. The van der Waals surface area contributed by atoms with Gasteiger partial charge in [0, 0.05) is 6.07 Å². The molecule has 0 saturated carbocycles. The van der Waals surface area contributed by atoms with Crippen molar-refractivity contribution in [1.29, 1.82) is 0 Å². The highest BCUT2D eigenvalue weighted by Crippen LogP contribution is 2.27. The highest BCUT2D eigenvalue weighted by Gasteiger charge is 2.33. The summed E-state index contributed by atoms with van der Waals surface area (Å²) in [5.74, 6) is -4.11. The molecule has 0 N–H and O–H groups in total. The fourth-order valence-electron chi connectivity index (χ4n) is 1.19. The van der Waals surface area contributed by atoms with Gasteiger partial charge in [-0.2, -0.15) is 4.39 Å². The lowest BCUT2D eigenvalue weighted by Crippen LogP contribution is -2.20. The van der Waals surface area contributed by atoms with Crippen molar-refractivity contribution in [3.63, 3.8) is 0 Å². The number of aromatic nitrogens is 1. The molecular formula is C10H8F5NO3. The molecule has 19 heavy (non-hydrogen) atoms. The lowest BCUT2D eigenvalue weighted by molar-refractivity contribution is -0.275. The van der Waals surface area contributed by atoms with Crippen LogP contribution in [0.15, 0.2) is 6.07 Å². The molecule has 0 spiro atoms. The third kappa shape index (κ3) is 4.04. The number of ether oxygens (including phenoxy) is 2. The monoisotopic (exact) mass is 285 g/mol. The molecule has 0 fully saturated rings. The Labute approximate surface area is 104 Å². The van der Waals surface area contributed by atoms with Gasteiger partial charge in [0.25, 0.3) is 5.95 Å². The highest BCUT2D eigenvalue weighted by molar-refractivity contribution is 5.91. The van der Waals surface area contributed by atoms with Crippen molar-refractivity contribution in [1.82, 2.24) is 4.98 Å². The van der Waals surface area contributed by atoms with Gasteiger partial charge in [-0.25, -0.2) is 14.2 Å². The van der Waals surface area contributed by atoms with E-state index in [2.05, 4.69) is 14.5 Å². The number of carbonyl (C=O) groups is 1. The van der Waals surface area contributed by atoms with Gasteiger partial charge in [-0.3, -0.25) is 0 Å². The molecule has 0 aliphatic rings. The highest BCUT2D eigenvalue weighted by atomic mass is 19.4. The number of hydrogen-bond acceptors (Lipinski definition) is 4. The third-order valence-corrected chi connectivity index (χ3v) is 1.87. The van der Waals surface area contributed by atoms with Gasteiger partial charge in [0.05, 0.1) is 17.9 Å². The third-order valence-electron chi connectivity index (χ3n) is 1.87. The Morgan fingerprint density at radius 1 is 1.42 bits per heavy atom. The molecule has 0 aliphatic heterocycles. The number of rotatable bonds is 4. The Morgan fingerprint density at radius 3 is 2.53 bits per heavy atom. The van der Waals surface area contributed by atoms with Gasteiger partial charge in [-0.15, -0.1) is 13.2 Å². The van der Waals surface area contributed by atoms with Crippen LogP contribution in [0.1, 0.15) is 23.0 Å². The molecule has 1 rings (SSSR count). The van der Waals surface area contributed by atoms with Crippen LogP contribution in [0.3, 0.4) is 0 Å². The summed E-state index contributed by atoms with van der Waals surface area (Å²) >= 11 is 0. The molecule has 4 nitrogen and oxygen atoms in total. The molecule has 0 bridgehead atoms. The van der Waals surface area contributed by atoms with Crippen LogP contribution in [0.4, 0.5) is 22.0 Å². The number of carbonyl (C=O) groups excluding carboxylic acids is 1. The Bertz CT molecular complexity index is 475. The van der Waals surface area contributed by atoms with Crippen LogP contribution >= 0.6 is 0 Å². The Morgan fingerprint density at radius 2 is 2.05 bits per heavy atom. The van der Waals surface area contributed by atoms with Crippen LogP contribution in [-0.2, 0) is 11.4 Å². The zero-order chi connectivity index (χ0) is 14.6. The van der Waals surface area contributed by atoms with E-state index in [1.807, 2.05) is 0 Å². The van der Waals surface area contributed by atoms with Gasteiger partial charge >= 0.3 is 12.3 Å². The number of esters is 1. The molecule has 1 aromatic heterocycles. The number of hydrogen-bond donors (Lipinski definition) is 0. The first-order valence-electron chi connectivity index (χ1n) is 4.96. The zero-order valence-electron chi connectivity index (χ0n) is 9.55. The molecule has 0 aromatic carbocycles. The van der Waals surface area contributed by atoms with Gasteiger partial charge < -0.3 is 9.47 Å². The van der Waals surface area contributed by atoms with Gasteiger partial charge in [0.15, 0.2) is 5.75 Å². The summed E-state index contributed by atoms with van der Waals surface area (Å²) in [5.41, 5.74) is -1.28. The molecule has 0 aliphatic carbocycles. The van der Waals surface area contributed by atoms with E-state index in [1.54, 1.807) is 0 Å². The number of alkyl halides is 4. The first-order valence-corrected chi connectivity index (χ1v) is 4.96. The predicted octanol–water partition coefficient (Wildman–Crippen LogP) is 2.77. The Balaban J connectivity index is 3.21. The molecule has 9 heteroatoms. The summed E-state index contributed by atoms with van der Waals surface area (Å²) in [5, 5.41) is 0. The zero-order valence-corrected chi connectivity index (χ0v) is 9.55. The minimum atomic E-state index is -5.16. The Kier molecular flexibility index (Phi) is 4.62. The summed E-state index contributed by atoms with van der Waals surface area (Å²) in [4.78, 5) is 14.3. The van der Waals surface area contributed by atoms with E-state index in [4.69, 9.17) is 0 Å². The van der Waals surface area contributed by atoms with Crippen LogP contribution in [0.5, 0.6) is 5.75 Å². The van der Waals surface area contributed by atoms with E-state index < -0.39 is 42.0 Å². The molecule has 1 aromatic rings. The minimum Gasteiger partial charge on any atom is -0.462 e. The van der Waals surface area contributed by atoms with E-state index in [0.717, 1.165) is 0 Å². The van der Waals surface area contributed by atoms with Crippen LogP contribution in [0, 0.1) is 5.95 Å². The number of halogens is 5.